The molecule has 1 N–H and O–H groups in total. The van der Waals surface area contributed by atoms with Gasteiger partial charge in [0.2, 0.25) is 17.8 Å². The Kier molecular flexibility index (Phi) is 8.41. The second-order valence-corrected chi connectivity index (χ2v) is 8.65. The van der Waals surface area contributed by atoms with Gasteiger partial charge in [-0.1, -0.05) is 12.1 Å². The Morgan fingerprint density at radius 1 is 0.895 bits per heavy atom. The van der Waals surface area contributed by atoms with Crippen LogP contribution in [0.15, 0.2) is 47.6 Å². The fraction of sp³-hybridized carbons (Fsp3) is 0.385. The highest BCUT2D eigenvalue weighted by Crippen LogP contribution is 2.28. The first kappa shape index (κ1) is 25.6. The van der Waals surface area contributed by atoms with Crippen LogP contribution in [-0.2, 0) is 16.1 Å². The minimum atomic E-state index is -0.282. The Morgan fingerprint density at radius 2 is 1.53 bits per heavy atom. The van der Waals surface area contributed by atoms with E-state index in [0.717, 1.165) is 11.1 Å². The van der Waals surface area contributed by atoms with Gasteiger partial charge in [-0.05, 0) is 41.5 Å². The van der Waals surface area contributed by atoms with Crippen LogP contribution in [0, 0.1) is 5.82 Å². The molecule has 0 amide bonds. The fourth-order valence-electron chi connectivity index (χ4n) is 4.00. The van der Waals surface area contributed by atoms with Gasteiger partial charge in [-0.15, -0.1) is 0 Å². The lowest BCUT2D eigenvalue weighted by atomic mass is 10.2. The zero-order valence-electron chi connectivity index (χ0n) is 21.2. The van der Waals surface area contributed by atoms with Crippen molar-refractivity contribution in [2.45, 2.75) is 6.61 Å². The molecule has 38 heavy (non-hydrogen) atoms. The Hall–Kier alpha value is -4.03. The number of rotatable bonds is 9. The van der Waals surface area contributed by atoms with Crippen LogP contribution in [0.1, 0.15) is 11.1 Å². The zero-order chi connectivity index (χ0) is 26.2. The highest BCUT2D eigenvalue weighted by Gasteiger charge is 2.20. The lowest BCUT2D eigenvalue weighted by molar-refractivity contribution is 0.121. The summed E-state index contributed by atoms with van der Waals surface area (Å²) in [6.45, 7) is 5.66. The summed E-state index contributed by atoms with van der Waals surface area (Å²) in [5.74, 6) is 2.38. The van der Waals surface area contributed by atoms with E-state index in [9.17, 15) is 4.39 Å². The lowest BCUT2D eigenvalue weighted by Gasteiger charge is -2.30. The molecule has 0 radical (unpaired) electrons. The number of hydrazone groups is 1. The zero-order valence-corrected chi connectivity index (χ0v) is 21.2. The van der Waals surface area contributed by atoms with Gasteiger partial charge in [0.15, 0.2) is 11.5 Å². The van der Waals surface area contributed by atoms with Crippen LogP contribution >= 0.6 is 0 Å². The predicted octanol–water partition coefficient (Wildman–Crippen LogP) is 2.72. The number of nitrogens with one attached hydrogen (secondary N) is 1. The summed E-state index contributed by atoms with van der Waals surface area (Å²) in [5.41, 5.74) is 4.59. The van der Waals surface area contributed by atoms with Crippen LogP contribution < -0.4 is 24.7 Å². The van der Waals surface area contributed by atoms with E-state index < -0.39 is 0 Å². The molecule has 12 heteroatoms. The SMILES string of the molecule is COc1cc(/C=N/Nc2nc(N3CCOCC3)nc(N3CCOCC3)n2)ccc1OCc1ccc(F)cc1. The average Bonchev–Trinajstić information content (AvgIpc) is 2.98. The van der Waals surface area contributed by atoms with Crippen molar-refractivity contribution in [3.8, 4) is 11.5 Å². The van der Waals surface area contributed by atoms with Gasteiger partial charge in [-0.3, -0.25) is 0 Å². The molecule has 2 aromatic carbocycles. The Morgan fingerprint density at radius 3 is 2.13 bits per heavy atom. The van der Waals surface area contributed by atoms with Crippen molar-refractivity contribution in [3.63, 3.8) is 0 Å². The molecule has 2 aliphatic rings. The van der Waals surface area contributed by atoms with Crippen LogP contribution in [-0.4, -0.2) is 80.9 Å². The van der Waals surface area contributed by atoms with Crippen molar-refractivity contribution in [1.82, 2.24) is 15.0 Å². The number of halogens is 1. The van der Waals surface area contributed by atoms with Gasteiger partial charge in [0.1, 0.15) is 12.4 Å². The van der Waals surface area contributed by atoms with Crippen LogP contribution in [0.2, 0.25) is 0 Å². The van der Waals surface area contributed by atoms with E-state index >= 15 is 0 Å². The maximum absolute atomic E-state index is 13.1. The summed E-state index contributed by atoms with van der Waals surface area (Å²) in [4.78, 5) is 18.0. The van der Waals surface area contributed by atoms with E-state index in [1.54, 1.807) is 31.5 Å². The highest BCUT2D eigenvalue weighted by atomic mass is 19.1. The number of methoxy groups -OCH3 is 1. The van der Waals surface area contributed by atoms with Crippen LogP contribution in [0.5, 0.6) is 11.5 Å². The van der Waals surface area contributed by atoms with Crippen LogP contribution in [0.25, 0.3) is 0 Å². The van der Waals surface area contributed by atoms with Gasteiger partial charge in [-0.25, -0.2) is 9.82 Å². The summed E-state index contributed by atoms with van der Waals surface area (Å²) in [7, 11) is 1.57. The Labute approximate surface area is 220 Å². The number of benzene rings is 2. The van der Waals surface area contributed by atoms with E-state index in [1.165, 1.54) is 12.1 Å². The fourth-order valence-corrected chi connectivity index (χ4v) is 4.00. The molecular formula is C26H30FN7O4. The third-order valence-electron chi connectivity index (χ3n) is 6.07. The summed E-state index contributed by atoms with van der Waals surface area (Å²) >= 11 is 0. The first-order valence-electron chi connectivity index (χ1n) is 12.4. The molecule has 3 aromatic rings. The molecule has 11 nitrogen and oxygen atoms in total. The first-order valence-corrected chi connectivity index (χ1v) is 12.4. The van der Waals surface area contributed by atoms with E-state index in [0.29, 0.717) is 88.6 Å². The Balaban J connectivity index is 1.28. The first-order chi connectivity index (χ1) is 18.7. The molecule has 200 valence electrons. The quantitative estimate of drug-likeness (QED) is 0.332. The molecule has 1 aromatic heterocycles. The van der Waals surface area contributed by atoms with Crippen molar-refractivity contribution in [3.05, 3.63) is 59.4 Å². The average molecular weight is 524 g/mol. The third-order valence-corrected chi connectivity index (χ3v) is 6.07. The summed E-state index contributed by atoms with van der Waals surface area (Å²) in [5, 5.41) is 4.35. The predicted molar refractivity (Wildman–Crippen MR) is 141 cm³/mol. The molecule has 0 aliphatic carbocycles. The number of ether oxygens (including phenoxy) is 4. The van der Waals surface area contributed by atoms with Crippen molar-refractivity contribution in [1.29, 1.82) is 0 Å². The Bertz CT molecular complexity index is 1200. The number of nitrogens with zero attached hydrogens (tertiary/aromatic N) is 6. The van der Waals surface area contributed by atoms with Crippen molar-refractivity contribution >= 4 is 24.1 Å². The highest BCUT2D eigenvalue weighted by molar-refractivity contribution is 5.81. The molecule has 0 saturated carbocycles. The third kappa shape index (κ3) is 6.64. The lowest BCUT2D eigenvalue weighted by Crippen LogP contribution is -2.40. The van der Waals surface area contributed by atoms with Crippen molar-refractivity contribution in [2.75, 3.05) is 74.9 Å². The number of aromatic nitrogens is 3. The minimum Gasteiger partial charge on any atom is -0.493 e. The largest absolute Gasteiger partial charge is 0.493 e. The molecule has 2 saturated heterocycles. The molecular weight excluding hydrogens is 493 g/mol. The van der Waals surface area contributed by atoms with E-state index in [2.05, 4.69) is 30.3 Å². The molecule has 2 fully saturated rings. The van der Waals surface area contributed by atoms with Crippen LogP contribution in [0.3, 0.4) is 0 Å². The number of anilines is 3. The van der Waals surface area contributed by atoms with Crippen LogP contribution in [0.4, 0.5) is 22.2 Å². The second-order valence-electron chi connectivity index (χ2n) is 8.65. The molecule has 5 rings (SSSR count). The summed E-state index contributed by atoms with van der Waals surface area (Å²) in [6, 6.07) is 11.7. The van der Waals surface area contributed by atoms with E-state index in [4.69, 9.17) is 23.9 Å². The maximum atomic E-state index is 13.1. The van der Waals surface area contributed by atoms with Gasteiger partial charge in [0, 0.05) is 26.2 Å². The molecule has 2 aliphatic heterocycles. The number of hydrogen-bond donors (Lipinski definition) is 1. The molecule has 0 atom stereocenters. The maximum Gasteiger partial charge on any atom is 0.250 e. The topological polar surface area (TPSA) is 106 Å². The second kappa shape index (κ2) is 12.5. The standard InChI is InChI=1S/C26H30FN7O4/c1-35-23-16-20(4-7-22(23)38-18-19-2-5-21(27)6-3-19)17-28-32-24-29-25(33-8-12-36-13-9-33)31-26(30-24)34-10-14-37-15-11-34/h2-7,16-17H,8-15,18H2,1H3,(H,29,30,31,32)/b28-17+. The van der Waals surface area contributed by atoms with Gasteiger partial charge in [-0.2, -0.15) is 20.1 Å². The molecule has 3 heterocycles. The normalized spacial score (nSPS) is 16.1. The van der Waals surface area contributed by atoms with E-state index in [1.807, 2.05) is 12.1 Å². The summed E-state index contributed by atoms with van der Waals surface area (Å²) < 4.78 is 35.4. The molecule has 0 bridgehead atoms. The van der Waals surface area contributed by atoms with Crippen molar-refractivity contribution in [2.24, 2.45) is 5.10 Å². The smallest absolute Gasteiger partial charge is 0.250 e. The van der Waals surface area contributed by atoms with Gasteiger partial charge < -0.3 is 28.7 Å². The number of hydrogen-bond acceptors (Lipinski definition) is 11. The monoisotopic (exact) mass is 523 g/mol. The number of morpholine rings is 2. The van der Waals surface area contributed by atoms with Gasteiger partial charge in [0.05, 0.1) is 39.8 Å². The van der Waals surface area contributed by atoms with Gasteiger partial charge in [0.25, 0.3) is 0 Å². The molecule has 0 spiro atoms. The van der Waals surface area contributed by atoms with Gasteiger partial charge >= 0.3 is 0 Å². The van der Waals surface area contributed by atoms with E-state index in [-0.39, 0.29) is 5.82 Å². The minimum absolute atomic E-state index is 0.282. The summed E-state index contributed by atoms with van der Waals surface area (Å²) in [6.07, 6.45) is 1.65. The van der Waals surface area contributed by atoms with Crippen molar-refractivity contribution < 1.29 is 23.3 Å². The molecule has 0 unspecified atom stereocenters.